The van der Waals surface area contributed by atoms with Crippen LogP contribution in [-0.2, 0) is 13.0 Å². The number of rotatable bonds is 6. The molecule has 1 fully saturated rings. The molecule has 1 saturated heterocycles. The van der Waals surface area contributed by atoms with Gasteiger partial charge in [-0.1, -0.05) is 17.3 Å². The second-order valence-electron chi connectivity index (χ2n) is 7.38. The van der Waals surface area contributed by atoms with Crippen LogP contribution in [0.5, 0.6) is 0 Å². The number of amides is 1. The van der Waals surface area contributed by atoms with Gasteiger partial charge in [-0.3, -0.25) is 9.69 Å². The number of aromatic nitrogens is 1. The summed E-state index contributed by atoms with van der Waals surface area (Å²) in [6.07, 6.45) is 3.31. The topological polar surface area (TPSA) is 58.4 Å². The quantitative estimate of drug-likeness (QED) is 0.652. The van der Waals surface area contributed by atoms with Gasteiger partial charge >= 0.3 is 0 Å². The van der Waals surface area contributed by atoms with Gasteiger partial charge < -0.3 is 9.84 Å². The van der Waals surface area contributed by atoms with Crippen LogP contribution in [0.1, 0.15) is 50.0 Å². The van der Waals surface area contributed by atoms with Gasteiger partial charge in [-0.25, -0.2) is 0 Å². The summed E-state index contributed by atoms with van der Waals surface area (Å²) in [7, 11) is 0. The zero-order chi connectivity index (χ0) is 19.5. The summed E-state index contributed by atoms with van der Waals surface area (Å²) in [5, 5.41) is 7.04. The van der Waals surface area contributed by atoms with Gasteiger partial charge in [0, 0.05) is 29.1 Å². The molecule has 3 aromatic rings. The lowest BCUT2D eigenvalue weighted by atomic mass is 10.1. The second-order valence-corrected chi connectivity index (χ2v) is 8.55. The molecule has 0 spiro atoms. The fraction of sp³-hybridized carbons (Fsp3) is 0.364. The molecule has 1 aliphatic heterocycles. The van der Waals surface area contributed by atoms with Gasteiger partial charge in [-0.2, -0.15) is 0 Å². The molecule has 1 N–H and O–H groups in total. The summed E-state index contributed by atoms with van der Waals surface area (Å²) < 4.78 is 5.23. The Kier molecular flexibility index (Phi) is 5.59. The highest BCUT2D eigenvalue weighted by atomic mass is 32.1. The largest absolute Gasteiger partial charge is 0.361 e. The van der Waals surface area contributed by atoms with E-state index in [0.717, 1.165) is 40.5 Å². The number of benzene rings is 1. The number of hydrogen-bond donors (Lipinski definition) is 1. The lowest BCUT2D eigenvalue weighted by molar-refractivity contribution is 0.103. The summed E-state index contributed by atoms with van der Waals surface area (Å²) in [5.41, 5.74) is 4.10. The first kappa shape index (κ1) is 18.9. The summed E-state index contributed by atoms with van der Waals surface area (Å²) in [6.45, 7) is 7.15. The highest BCUT2D eigenvalue weighted by Crippen LogP contribution is 2.24. The molecule has 0 aliphatic carbocycles. The van der Waals surface area contributed by atoms with Gasteiger partial charge in [0.05, 0.1) is 10.6 Å². The van der Waals surface area contributed by atoms with Crippen molar-refractivity contribution in [1.82, 2.24) is 10.1 Å². The predicted octanol–water partition coefficient (Wildman–Crippen LogP) is 4.79. The van der Waals surface area contributed by atoms with Crippen molar-refractivity contribution in [2.24, 2.45) is 0 Å². The third-order valence-corrected chi connectivity index (χ3v) is 6.29. The third-order valence-electron chi connectivity index (χ3n) is 5.21. The maximum atomic E-state index is 12.7. The van der Waals surface area contributed by atoms with E-state index < -0.39 is 0 Å². The van der Waals surface area contributed by atoms with Crippen LogP contribution in [-0.4, -0.2) is 29.1 Å². The zero-order valence-electron chi connectivity index (χ0n) is 16.3. The molecule has 1 aliphatic rings. The Labute approximate surface area is 169 Å². The number of hydrogen-bond acceptors (Lipinski definition) is 5. The lowest BCUT2D eigenvalue weighted by Crippen LogP contribution is -2.18. The van der Waals surface area contributed by atoms with Crippen LogP contribution in [0.15, 0.2) is 40.9 Å². The summed E-state index contributed by atoms with van der Waals surface area (Å²) in [4.78, 5) is 17.0. The Bertz CT molecular complexity index is 950. The maximum absolute atomic E-state index is 12.7. The Morgan fingerprint density at radius 1 is 1.21 bits per heavy atom. The minimum atomic E-state index is -0.0617. The van der Waals surface area contributed by atoms with Crippen LogP contribution < -0.4 is 5.32 Å². The van der Waals surface area contributed by atoms with Crippen molar-refractivity contribution in [2.45, 2.75) is 39.7 Å². The Morgan fingerprint density at radius 3 is 2.79 bits per heavy atom. The van der Waals surface area contributed by atoms with Gasteiger partial charge in [0.15, 0.2) is 0 Å². The van der Waals surface area contributed by atoms with Crippen LogP contribution in [0.3, 0.4) is 0 Å². The molecule has 6 heteroatoms. The fourth-order valence-electron chi connectivity index (χ4n) is 3.66. The monoisotopic (exact) mass is 395 g/mol. The smallest absolute Gasteiger partial charge is 0.265 e. The number of nitrogens with one attached hydrogen (secondary N) is 1. The molecule has 0 bridgehead atoms. The van der Waals surface area contributed by atoms with Crippen molar-refractivity contribution in [2.75, 3.05) is 18.4 Å². The van der Waals surface area contributed by atoms with Crippen molar-refractivity contribution in [1.29, 1.82) is 0 Å². The number of aryl methyl sites for hydroxylation is 2. The molecule has 1 aromatic carbocycles. The number of carbonyl (C=O) groups excluding carboxylic acids is 1. The molecular formula is C22H25N3O2S. The number of nitrogens with zero attached hydrogens (tertiary/aromatic N) is 2. The number of likely N-dealkylation sites (tertiary alicyclic amines) is 1. The van der Waals surface area contributed by atoms with Crippen LogP contribution in [0, 0.1) is 13.8 Å². The summed E-state index contributed by atoms with van der Waals surface area (Å²) in [6, 6.07) is 12.1. The molecule has 28 heavy (non-hydrogen) atoms. The fourth-order valence-corrected chi connectivity index (χ4v) is 4.58. The van der Waals surface area contributed by atoms with Gasteiger partial charge in [0.25, 0.3) is 5.91 Å². The Balaban J connectivity index is 1.40. The minimum Gasteiger partial charge on any atom is -0.361 e. The Morgan fingerprint density at radius 2 is 2.04 bits per heavy atom. The SMILES string of the molecule is Cc1noc(C)c1Cc1ccc(C(=O)Nc2cccc(CN3CCCC3)c2)s1. The van der Waals surface area contributed by atoms with E-state index in [1.54, 1.807) is 0 Å². The van der Waals surface area contributed by atoms with E-state index >= 15 is 0 Å². The molecule has 1 amide bonds. The van der Waals surface area contributed by atoms with Crippen molar-refractivity contribution < 1.29 is 9.32 Å². The molecule has 0 unspecified atom stereocenters. The van der Waals surface area contributed by atoms with E-state index in [0.29, 0.717) is 4.88 Å². The number of anilines is 1. The average Bonchev–Trinajstić information content (AvgIpc) is 3.41. The van der Waals surface area contributed by atoms with E-state index in [9.17, 15) is 4.79 Å². The first-order chi connectivity index (χ1) is 13.6. The van der Waals surface area contributed by atoms with Gasteiger partial charge in [0.2, 0.25) is 0 Å². The summed E-state index contributed by atoms with van der Waals surface area (Å²) >= 11 is 1.52. The normalized spacial score (nSPS) is 14.5. The molecule has 4 rings (SSSR count). The third kappa shape index (κ3) is 4.34. The highest BCUT2D eigenvalue weighted by molar-refractivity contribution is 7.14. The van der Waals surface area contributed by atoms with Crippen LogP contribution >= 0.6 is 11.3 Å². The van der Waals surface area contributed by atoms with Crippen molar-refractivity contribution in [3.63, 3.8) is 0 Å². The molecule has 2 aromatic heterocycles. The van der Waals surface area contributed by atoms with E-state index in [4.69, 9.17) is 4.52 Å². The minimum absolute atomic E-state index is 0.0617. The van der Waals surface area contributed by atoms with E-state index in [1.807, 2.05) is 38.1 Å². The van der Waals surface area contributed by atoms with Crippen molar-refractivity contribution in [3.8, 4) is 0 Å². The number of carbonyl (C=O) groups is 1. The molecule has 3 heterocycles. The van der Waals surface area contributed by atoms with Crippen molar-refractivity contribution >= 4 is 22.9 Å². The van der Waals surface area contributed by atoms with E-state index in [2.05, 4.69) is 27.5 Å². The van der Waals surface area contributed by atoms with Gasteiger partial charge in [-0.05, 0) is 69.6 Å². The highest BCUT2D eigenvalue weighted by Gasteiger charge is 2.15. The van der Waals surface area contributed by atoms with Crippen LogP contribution in [0.4, 0.5) is 5.69 Å². The maximum Gasteiger partial charge on any atom is 0.265 e. The second kappa shape index (κ2) is 8.29. The number of thiophene rings is 1. The molecule has 0 atom stereocenters. The van der Waals surface area contributed by atoms with Crippen LogP contribution in [0.2, 0.25) is 0 Å². The molecule has 146 valence electrons. The van der Waals surface area contributed by atoms with Gasteiger partial charge in [0.1, 0.15) is 5.76 Å². The predicted molar refractivity (Wildman–Crippen MR) is 112 cm³/mol. The molecule has 5 nitrogen and oxygen atoms in total. The standard InChI is InChI=1S/C22H25N3O2S/c1-15-20(16(2)27-24-15)13-19-8-9-21(28-19)22(26)23-18-7-5-6-17(12-18)14-25-10-3-4-11-25/h5-9,12H,3-4,10-11,13-14H2,1-2H3,(H,23,26). The Hall–Kier alpha value is -2.44. The average molecular weight is 396 g/mol. The lowest BCUT2D eigenvalue weighted by Gasteiger charge is -2.15. The first-order valence-electron chi connectivity index (χ1n) is 9.71. The molecular weight excluding hydrogens is 370 g/mol. The molecule has 0 saturated carbocycles. The first-order valence-corrected chi connectivity index (χ1v) is 10.5. The van der Waals surface area contributed by atoms with E-state index in [-0.39, 0.29) is 5.91 Å². The van der Waals surface area contributed by atoms with Crippen molar-refractivity contribution in [3.05, 3.63) is 68.7 Å². The van der Waals surface area contributed by atoms with Gasteiger partial charge in [-0.15, -0.1) is 11.3 Å². The van der Waals surface area contributed by atoms with E-state index in [1.165, 1.54) is 42.8 Å². The van der Waals surface area contributed by atoms with Crippen LogP contribution in [0.25, 0.3) is 0 Å². The summed E-state index contributed by atoms with van der Waals surface area (Å²) in [5.74, 6) is 0.778. The molecule has 0 radical (unpaired) electrons. The zero-order valence-corrected chi connectivity index (χ0v) is 17.1.